The number of thioether (sulfide) groups is 2. The van der Waals surface area contributed by atoms with Gasteiger partial charge in [-0.25, -0.2) is 14.5 Å². The van der Waals surface area contributed by atoms with Crippen LogP contribution in [0.5, 0.6) is 5.75 Å². The number of benzene rings is 1. The number of aromatic hydroxyl groups is 1. The van der Waals surface area contributed by atoms with Gasteiger partial charge in [0.15, 0.2) is 0 Å². The summed E-state index contributed by atoms with van der Waals surface area (Å²) in [5.41, 5.74) is 2.50. The normalized spacial score (nSPS) is 19.0. The number of phenolic OH excluding ortho intramolecular Hbond substituents is 1. The van der Waals surface area contributed by atoms with Crippen molar-refractivity contribution in [3.63, 3.8) is 0 Å². The van der Waals surface area contributed by atoms with Crippen molar-refractivity contribution in [3.8, 4) is 5.75 Å². The molecule has 2 aromatic heterocycles. The molecule has 3 aromatic rings. The van der Waals surface area contributed by atoms with Crippen LogP contribution in [0.15, 0.2) is 51.7 Å². The molecule has 19 nitrogen and oxygen atoms in total. The molecular weight excluding hydrogens is 693 g/mol. The van der Waals surface area contributed by atoms with Gasteiger partial charge in [0.05, 0.1) is 17.9 Å². The van der Waals surface area contributed by atoms with E-state index in [1.807, 2.05) is 13.8 Å². The van der Waals surface area contributed by atoms with E-state index in [0.717, 1.165) is 41.7 Å². The number of amides is 4. The van der Waals surface area contributed by atoms with E-state index in [0.29, 0.717) is 15.6 Å². The first-order valence-electron chi connectivity index (χ1n) is 14.1. The van der Waals surface area contributed by atoms with Crippen molar-refractivity contribution < 1.29 is 63.7 Å². The van der Waals surface area contributed by atoms with E-state index in [9.17, 15) is 34.2 Å². The van der Waals surface area contributed by atoms with Crippen molar-refractivity contribution in [1.29, 1.82) is 0 Å². The fraction of sp³-hybridized carbons (Fsp3) is 0.370. The average Bonchev–Trinajstić information content (AvgIpc) is 3.45. The second-order valence-electron chi connectivity index (χ2n) is 10.8. The molecular formula is C27H30N11NaO8S2. The first kappa shape index (κ1) is 37.7. The summed E-state index contributed by atoms with van der Waals surface area (Å²) in [6.45, 7) is 3.63. The van der Waals surface area contributed by atoms with Gasteiger partial charge in [-0.3, -0.25) is 29.2 Å². The second kappa shape index (κ2) is 15.2. The van der Waals surface area contributed by atoms with Gasteiger partial charge in [-0.05, 0) is 47.5 Å². The molecule has 4 heterocycles. The number of urea groups is 1. The minimum atomic E-state index is -2.09. The van der Waals surface area contributed by atoms with Crippen LogP contribution in [0, 0.1) is 0 Å². The van der Waals surface area contributed by atoms with E-state index in [1.54, 1.807) is 7.05 Å². The van der Waals surface area contributed by atoms with Crippen LogP contribution in [0.25, 0.3) is 0 Å². The first-order valence-corrected chi connectivity index (χ1v) is 16.2. The molecule has 0 saturated carbocycles. The SMILES string of the molecule is CO[C@@]1(NC(=O)C(c2ccc(O)cc2)N(C(N)=O)c2cnc(NC(C)C)[nH]c2=O)C(=O)N2C(C(=O)[O-])=C(CSc3nnnn3C)CS[C@@H]21.[Na+]. The molecule has 1 unspecified atom stereocenters. The average molecular weight is 724 g/mol. The zero-order valence-corrected chi connectivity index (χ0v) is 30.5. The van der Waals surface area contributed by atoms with Crippen LogP contribution in [0.2, 0.25) is 0 Å². The number of carbonyl (C=O) groups excluding carboxylic acids is 4. The number of tetrazole rings is 1. The number of carboxylic acids is 1. The molecule has 22 heteroatoms. The van der Waals surface area contributed by atoms with Crippen molar-refractivity contribution in [2.75, 3.05) is 28.8 Å². The summed E-state index contributed by atoms with van der Waals surface area (Å²) in [6, 6.07) is 2.14. The molecule has 2 aliphatic rings. The van der Waals surface area contributed by atoms with Crippen molar-refractivity contribution in [1.82, 2.24) is 40.4 Å². The summed E-state index contributed by atoms with van der Waals surface area (Å²) in [7, 11) is 2.77. The number of carbonyl (C=O) groups is 4. The number of aromatic amines is 1. The quantitative estimate of drug-likeness (QED) is 0.0511. The maximum atomic E-state index is 14.2. The molecule has 1 saturated heterocycles. The van der Waals surface area contributed by atoms with Gasteiger partial charge in [0.2, 0.25) is 11.1 Å². The number of ether oxygens (including phenoxy) is 1. The fourth-order valence-electron chi connectivity index (χ4n) is 5.16. The van der Waals surface area contributed by atoms with E-state index >= 15 is 0 Å². The molecule has 0 bridgehead atoms. The molecule has 0 spiro atoms. The number of primary amides is 1. The molecule has 0 aliphatic carbocycles. The molecule has 6 N–H and O–H groups in total. The number of aliphatic carboxylic acids is 1. The summed E-state index contributed by atoms with van der Waals surface area (Å²) in [5.74, 6) is -3.37. The number of nitrogens with two attached hydrogens (primary N) is 1. The summed E-state index contributed by atoms with van der Waals surface area (Å²) < 4.78 is 6.98. The number of anilines is 2. The van der Waals surface area contributed by atoms with Crippen LogP contribution in [-0.4, -0.2) is 99.8 Å². The van der Waals surface area contributed by atoms with Crippen LogP contribution >= 0.6 is 23.5 Å². The largest absolute Gasteiger partial charge is 1.00 e. The van der Waals surface area contributed by atoms with Crippen LogP contribution in [0.4, 0.5) is 16.4 Å². The Kier molecular flexibility index (Phi) is 11.7. The molecule has 0 radical (unpaired) electrons. The smallest absolute Gasteiger partial charge is 0.543 e. The number of phenols is 1. The number of aromatic nitrogens is 6. The predicted molar refractivity (Wildman–Crippen MR) is 169 cm³/mol. The molecule has 4 amide bonds. The van der Waals surface area contributed by atoms with E-state index in [2.05, 4.69) is 36.1 Å². The topological polar surface area (TPSA) is 267 Å². The van der Waals surface area contributed by atoms with Gasteiger partial charge in [-0.15, -0.1) is 16.9 Å². The summed E-state index contributed by atoms with van der Waals surface area (Å²) in [5, 5.41) is 38.2. The predicted octanol–water partition coefficient (Wildman–Crippen LogP) is -4.38. The minimum Gasteiger partial charge on any atom is -0.543 e. The molecule has 2 aliphatic heterocycles. The number of H-pyrrole nitrogens is 1. The third-order valence-electron chi connectivity index (χ3n) is 7.31. The summed E-state index contributed by atoms with van der Waals surface area (Å²) >= 11 is 2.28. The number of aryl methyl sites for hydroxylation is 1. The molecule has 3 atom stereocenters. The molecule has 254 valence electrons. The number of nitrogens with one attached hydrogen (secondary N) is 3. The third kappa shape index (κ3) is 7.26. The Morgan fingerprint density at radius 3 is 2.53 bits per heavy atom. The number of fused-ring (bicyclic) bond motifs is 1. The van der Waals surface area contributed by atoms with Gasteiger partial charge in [-0.1, -0.05) is 23.9 Å². The Morgan fingerprint density at radius 1 is 1.29 bits per heavy atom. The zero-order chi connectivity index (χ0) is 34.9. The van der Waals surface area contributed by atoms with Gasteiger partial charge >= 0.3 is 35.6 Å². The molecule has 5 rings (SSSR count). The first-order chi connectivity index (χ1) is 22.8. The van der Waals surface area contributed by atoms with E-state index in [1.165, 1.54) is 28.9 Å². The summed E-state index contributed by atoms with van der Waals surface area (Å²) in [6.07, 6.45) is 1.06. The number of nitrogens with zero attached hydrogens (tertiary/aromatic N) is 7. The second-order valence-corrected chi connectivity index (χ2v) is 12.8. The number of hydrogen-bond acceptors (Lipinski definition) is 15. The minimum absolute atomic E-state index is 0. The van der Waals surface area contributed by atoms with Gasteiger partial charge in [0, 0.05) is 31.7 Å². The Morgan fingerprint density at radius 2 is 1.98 bits per heavy atom. The van der Waals surface area contributed by atoms with Gasteiger partial charge in [0.1, 0.15) is 22.9 Å². The molecule has 1 fully saturated rings. The Balaban J connectivity index is 0.00000541. The van der Waals surface area contributed by atoms with E-state index in [-0.39, 0.29) is 70.1 Å². The fourth-order valence-corrected chi connectivity index (χ4v) is 7.58. The number of methoxy groups -OCH3 is 1. The zero-order valence-electron chi connectivity index (χ0n) is 26.9. The van der Waals surface area contributed by atoms with E-state index < -0.39 is 52.2 Å². The van der Waals surface area contributed by atoms with Gasteiger partial charge in [0.25, 0.3) is 23.1 Å². The number of carboxylic acid groups (broad SMARTS) is 1. The standard InChI is InChI=1S/C27H31N11O8S2.Na/c1-12(2)30-25-29-9-16(19(40)31-25)37(24(28)45)17(13-5-7-15(39)8-6-13)20(41)32-27(46-4)22(44)38-18(21(42)43)14(10-47-23(27)38)11-48-26-33-34-35-36(26)3;/h5-9,12,17,23,39H,10-11H2,1-4H3,(H2,28,45)(H,32,41)(H,42,43)(H2,29,30,31,40);/q;+1/p-1/t17?,23-,27+;/m1./s1. The Labute approximate surface area is 308 Å². The molecule has 49 heavy (non-hydrogen) atoms. The van der Waals surface area contributed by atoms with Crippen molar-refractivity contribution in [2.45, 2.75) is 42.2 Å². The van der Waals surface area contributed by atoms with Crippen LogP contribution in [-0.2, 0) is 26.2 Å². The number of β-lactam (4-membered cyclic amide) rings is 1. The van der Waals surface area contributed by atoms with Crippen molar-refractivity contribution in [2.24, 2.45) is 12.8 Å². The van der Waals surface area contributed by atoms with Gasteiger partial charge in [-0.2, -0.15) is 0 Å². The Bertz CT molecular complexity index is 1850. The maximum Gasteiger partial charge on any atom is 1.00 e. The molecule has 1 aromatic carbocycles. The Hall–Kier alpha value is -4.15. The maximum absolute atomic E-state index is 14.2. The monoisotopic (exact) mass is 723 g/mol. The van der Waals surface area contributed by atoms with Gasteiger partial charge < -0.3 is 36.1 Å². The van der Waals surface area contributed by atoms with Crippen LogP contribution < -0.4 is 61.5 Å². The number of hydrogen-bond donors (Lipinski definition) is 5. The van der Waals surface area contributed by atoms with Crippen LogP contribution in [0.3, 0.4) is 0 Å². The third-order valence-corrected chi connectivity index (χ3v) is 9.78. The van der Waals surface area contributed by atoms with Crippen molar-refractivity contribution in [3.05, 3.63) is 57.6 Å². The summed E-state index contributed by atoms with van der Waals surface area (Å²) in [4.78, 5) is 74.7. The van der Waals surface area contributed by atoms with Crippen LogP contribution in [0.1, 0.15) is 25.5 Å². The van der Waals surface area contributed by atoms with Crippen molar-refractivity contribution >= 4 is 59.0 Å². The number of rotatable bonds is 12. The van der Waals surface area contributed by atoms with E-state index in [4.69, 9.17) is 10.5 Å².